The second-order valence-electron chi connectivity index (χ2n) is 5.71. The number of phosphoric ester groups is 1. The predicted octanol–water partition coefficient (Wildman–Crippen LogP) is 6.50. The lowest BCUT2D eigenvalue weighted by Crippen LogP contribution is -2.03. The molecule has 0 aliphatic carbocycles. The van der Waals surface area contributed by atoms with E-state index in [-0.39, 0.29) is 0 Å². The Bertz CT molecular complexity index is 271. The molecule has 22 heavy (non-hydrogen) atoms. The Kier molecular flexibility index (Phi) is 16.1. The summed E-state index contributed by atoms with van der Waals surface area (Å²) in [5, 5.41) is 0. The average Bonchev–Trinajstić information content (AvgIpc) is 2.50. The average molecular weight is 336 g/mol. The second kappa shape index (κ2) is 16.0. The van der Waals surface area contributed by atoms with Crippen LogP contribution in [0.3, 0.4) is 0 Å². The van der Waals surface area contributed by atoms with E-state index in [1.54, 1.807) is 0 Å². The summed E-state index contributed by atoms with van der Waals surface area (Å²) in [7, 11) is -3.33. The van der Waals surface area contributed by atoms with Crippen molar-refractivity contribution in [3.8, 4) is 0 Å². The fraction of sp³-hybridized carbons (Fsp3) is 1.00. The summed E-state index contributed by atoms with van der Waals surface area (Å²) in [5.74, 6) is 0. The van der Waals surface area contributed by atoms with Crippen LogP contribution in [0.25, 0.3) is 0 Å². The van der Waals surface area contributed by atoms with E-state index in [1.807, 2.05) is 6.92 Å². The van der Waals surface area contributed by atoms with Gasteiger partial charge in [0, 0.05) is 0 Å². The molecule has 0 aliphatic rings. The zero-order valence-corrected chi connectivity index (χ0v) is 15.9. The Morgan fingerprint density at radius 3 is 1.45 bits per heavy atom. The van der Waals surface area contributed by atoms with Crippen molar-refractivity contribution in [2.24, 2.45) is 0 Å². The van der Waals surface area contributed by atoms with Crippen molar-refractivity contribution in [2.75, 3.05) is 19.8 Å². The summed E-state index contributed by atoms with van der Waals surface area (Å²) in [4.78, 5) is 0. The molecule has 0 amide bonds. The normalized spacial score (nSPS) is 14.1. The molecule has 0 radical (unpaired) electrons. The van der Waals surface area contributed by atoms with Crippen LogP contribution in [0.15, 0.2) is 0 Å². The highest BCUT2D eigenvalue weighted by Gasteiger charge is 2.25. The van der Waals surface area contributed by atoms with Crippen molar-refractivity contribution >= 4 is 7.82 Å². The fourth-order valence-electron chi connectivity index (χ4n) is 2.21. The van der Waals surface area contributed by atoms with Crippen LogP contribution in [0.1, 0.15) is 91.4 Å². The number of rotatable bonds is 17. The Hall–Kier alpha value is 0.110. The van der Waals surface area contributed by atoms with Crippen LogP contribution in [0, 0.1) is 0 Å². The summed E-state index contributed by atoms with van der Waals surface area (Å²) in [6, 6.07) is 0. The Labute approximate surface area is 137 Å². The topological polar surface area (TPSA) is 44.8 Å². The maximum absolute atomic E-state index is 12.4. The Balaban J connectivity index is 3.71. The Morgan fingerprint density at radius 2 is 1.00 bits per heavy atom. The van der Waals surface area contributed by atoms with Gasteiger partial charge in [0.15, 0.2) is 0 Å². The van der Waals surface area contributed by atoms with E-state index in [4.69, 9.17) is 13.6 Å². The molecule has 0 aromatic heterocycles. The van der Waals surface area contributed by atoms with E-state index in [2.05, 4.69) is 13.8 Å². The predicted molar refractivity (Wildman–Crippen MR) is 93.3 cm³/mol. The van der Waals surface area contributed by atoms with Crippen LogP contribution >= 0.6 is 7.82 Å². The maximum atomic E-state index is 12.4. The van der Waals surface area contributed by atoms with Crippen LogP contribution in [-0.4, -0.2) is 19.8 Å². The molecule has 0 saturated heterocycles. The summed E-state index contributed by atoms with van der Waals surface area (Å²) >= 11 is 0. The minimum atomic E-state index is -3.33. The first-order valence-corrected chi connectivity index (χ1v) is 10.7. The van der Waals surface area contributed by atoms with Gasteiger partial charge in [-0.15, -0.1) is 0 Å². The number of hydrogen-bond donors (Lipinski definition) is 0. The smallest absolute Gasteiger partial charge is 0.287 e. The first kappa shape index (κ1) is 22.1. The molecule has 4 nitrogen and oxygen atoms in total. The highest BCUT2D eigenvalue weighted by atomic mass is 31.2. The molecule has 134 valence electrons. The molecule has 0 rings (SSSR count). The van der Waals surface area contributed by atoms with Crippen LogP contribution < -0.4 is 0 Å². The molecule has 0 fully saturated rings. The second-order valence-corrected chi connectivity index (χ2v) is 7.38. The Morgan fingerprint density at radius 1 is 0.591 bits per heavy atom. The van der Waals surface area contributed by atoms with Gasteiger partial charge in [-0.2, -0.15) is 0 Å². The molecule has 0 heterocycles. The zero-order chi connectivity index (χ0) is 16.5. The molecular weight excluding hydrogens is 299 g/mol. The van der Waals surface area contributed by atoms with Gasteiger partial charge >= 0.3 is 7.82 Å². The van der Waals surface area contributed by atoms with Gasteiger partial charge in [-0.3, -0.25) is 13.6 Å². The third kappa shape index (κ3) is 13.8. The van der Waals surface area contributed by atoms with Crippen molar-refractivity contribution in [1.82, 2.24) is 0 Å². The van der Waals surface area contributed by atoms with Crippen LogP contribution in [0.5, 0.6) is 0 Å². The molecular formula is C17H37O4P. The molecule has 0 spiro atoms. The van der Waals surface area contributed by atoms with Crippen LogP contribution in [0.2, 0.25) is 0 Å². The fourth-order valence-corrected chi connectivity index (χ4v) is 3.46. The summed E-state index contributed by atoms with van der Waals surface area (Å²) in [5.41, 5.74) is 0. The summed E-state index contributed by atoms with van der Waals surface area (Å²) in [6.45, 7) is 7.46. The lowest BCUT2D eigenvalue weighted by atomic mass is 10.1. The maximum Gasteiger partial charge on any atom is 0.474 e. The van der Waals surface area contributed by atoms with E-state index >= 15 is 0 Å². The summed E-state index contributed by atoms with van der Waals surface area (Å²) < 4.78 is 28.4. The molecule has 0 aliphatic heterocycles. The highest BCUT2D eigenvalue weighted by molar-refractivity contribution is 7.48. The largest absolute Gasteiger partial charge is 0.474 e. The summed E-state index contributed by atoms with van der Waals surface area (Å²) in [6.07, 6.45) is 12.8. The van der Waals surface area contributed by atoms with E-state index in [0.717, 1.165) is 25.7 Å². The molecule has 0 aromatic rings. The van der Waals surface area contributed by atoms with Crippen molar-refractivity contribution in [3.63, 3.8) is 0 Å². The first-order valence-electron chi connectivity index (χ1n) is 9.22. The van der Waals surface area contributed by atoms with Crippen molar-refractivity contribution in [1.29, 1.82) is 0 Å². The third-order valence-electron chi connectivity index (χ3n) is 3.53. The lowest BCUT2D eigenvalue weighted by Gasteiger charge is -2.17. The van der Waals surface area contributed by atoms with Gasteiger partial charge < -0.3 is 0 Å². The van der Waals surface area contributed by atoms with Crippen molar-refractivity contribution in [2.45, 2.75) is 91.4 Å². The van der Waals surface area contributed by atoms with Gasteiger partial charge in [-0.1, -0.05) is 71.6 Å². The van der Waals surface area contributed by atoms with Crippen LogP contribution in [0.4, 0.5) is 0 Å². The molecule has 0 aromatic carbocycles. The van der Waals surface area contributed by atoms with Gasteiger partial charge in [0.2, 0.25) is 0 Å². The van der Waals surface area contributed by atoms with E-state index in [1.165, 1.54) is 44.9 Å². The minimum absolute atomic E-state index is 0.350. The van der Waals surface area contributed by atoms with E-state index in [0.29, 0.717) is 19.8 Å². The molecule has 5 heteroatoms. The number of phosphoric acid groups is 1. The van der Waals surface area contributed by atoms with Crippen LogP contribution in [-0.2, 0) is 18.1 Å². The van der Waals surface area contributed by atoms with Gasteiger partial charge in [-0.25, -0.2) is 4.57 Å². The van der Waals surface area contributed by atoms with Crippen molar-refractivity contribution in [3.05, 3.63) is 0 Å². The first-order chi connectivity index (χ1) is 10.7. The van der Waals surface area contributed by atoms with Gasteiger partial charge in [0.05, 0.1) is 19.8 Å². The third-order valence-corrected chi connectivity index (χ3v) is 5.10. The van der Waals surface area contributed by atoms with Gasteiger partial charge in [-0.05, 0) is 19.8 Å². The molecule has 1 atom stereocenters. The lowest BCUT2D eigenvalue weighted by molar-refractivity contribution is 0.114. The number of unbranched alkanes of at least 4 members (excludes halogenated alkanes) is 9. The quantitative estimate of drug-likeness (QED) is 0.225. The van der Waals surface area contributed by atoms with Crippen molar-refractivity contribution < 1.29 is 18.1 Å². The number of hydrogen-bond acceptors (Lipinski definition) is 4. The minimum Gasteiger partial charge on any atom is -0.287 e. The highest BCUT2D eigenvalue weighted by Crippen LogP contribution is 2.49. The zero-order valence-electron chi connectivity index (χ0n) is 15.0. The molecule has 1 unspecified atom stereocenters. The van der Waals surface area contributed by atoms with E-state index < -0.39 is 7.82 Å². The van der Waals surface area contributed by atoms with Gasteiger partial charge in [0.1, 0.15) is 0 Å². The molecule has 0 saturated carbocycles. The SMILES string of the molecule is CCCCCCCCCOP(=O)(OCC)OCCCCCC. The monoisotopic (exact) mass is 336 g/mol. The molecule has 0 bridgehead atoms. The standard InChI is InChI=1S/C17H37O4P/c1-4-7-9-11-12-13-15-17-21-22(18,19-6-3)20-16-14-10-8-5-2/h4-17H2,1-3H3. The molecule has 0 N–H and O–H groups in total. The van der Waals surface area contributed by atoms with E-state index in [9.17, 15) is 4.57 Å². The van der Waals surface area contributed by atoms with Gasteiger partial charge in [0.25, 0.3) is 0 Å².